The van der Waals surface area contributed by atoms with Gasteiger partial charge in [-0.1, -0.05) is 399 Å². The third-order valence-electron chi connectivity index (χ3n) is 21.9. The molecule has 0 bridgehead atoms. The second kappa shape index (κ2) is 81.9. The predicted molar refractivity (Wildman–Crippen MR) is 474 cm³/mol. The van der Waals surface area contributed by atoms with E-state index in [2.05, 4.69) is 57.4 Å². The van der Waals surface area contributed by atoms with Crippen LogP contribution < -0.4 is 33.6 Å². The molecule has 4 unspecified atom stereocenters. The fourth-order valence-electron chi connectivity index (χ4n) is 14.1. The number of Topliss-reactive ketones (excluding diaryl/α,β-unsaturated/α-hetero) is 4. The Kier molecular flexibility index (Phi) is 80.0. The first-order chi connectivity index (χ1) is 53.9. The summed E-state index contributed by atoms with van der Waals surface area (Å²) in [5.41, 5.74) is 25.6. The molecule has 111 heavy (non-hydrogen) atoms. The molecule has 2 rings (SSSR count). The lowest BCUT2D eigenvalue weighted by Gasteiger charge is -2.22. The third-order valence-corrected chi connectivity index (χ3v) is 21.9. The van der Waals surface area contributed by atoms with Gasteiger partial charge in [-0.2, -0.15) is 0 Å². The molecule has 14 nitrogen and oxygen atoms in total. The van der Waals surface area contributed by atoms with Crippen LogP contribution in [-0.2, 0) is 51.1 Å². The first kappa shape index (κ1) is 108. The second-order valence-electron chi connectivity index (χ2n) is 33.0. The Morgan fingerprint density at radius 3 is 1.01 bits per heavy atom. The highest BCUT2D eigenvalue weighted by Gasteiger charge is 2.27. The lowest BCUT2D eigenvalue weighted by atomic mass is 9.95. The Morgan fingerprint density at radius 1 is 0.342 bits per heavy atom. The standard InChI is InChI=1S/C28H57N3O2.C26H33NO4.C22H45NO.C21H43NO/c1-4-5-6-7-8-9-10-11-12-13-14-15-16-17-18-22-26(32)25(21-19-20-23-29)31-28(33)27(30)24(2)3;1-20(26(30)31-2)18-24(28)23(19-22-15-9-4-10-16-22)27-25(29)17-11-5-8-14-21-12-6-3-7-13-21;1-3-5-7-8-9-10-11-12-13-14-15-16-17-18-20-22(24)21(23)19-6-4-2;1-3-5-7-8-9-10-11-12-13-14-15-16-17-19-21(23)20(22)18-6-4-2/h24-25,27H,4-23,29-30H2,1-3H3,(H,31,33);3-4,6-7,9-10,12-13,15-16,20,23H,5,8,11,14,17-19H2,1-2H3,(H,27,29);21H,3-20,23H2,1-2H3;20H,3-19,22H2,1-2H3/t;20-,23+;;/m.1../s1. The average molecular weight is 1560 g/mol. The van der Waals surface area contributed by atoms with Crippen molar-refractivity contribution in [1.82, 2.24) is 10.6 Å². The van der Waals surface area contributed by atoms with Crippen LogP contribution in [0.15, 0.2) is 60.7 Å². The molecule has 0 aliphatic carbocycles. The summed E-state index contributed by atoms with van der Waals surface area (Å²) in [5, 5.41) is 5.80. The van der Waals surface area contributed by atoms with E-state index in [9.17, 15) is 33.6 Å². The molecule has 0 heterocycles. The summed E-state index contributed by atoms with van der Waals surface area (Å²) in [7, 11) is 1.31. The molecule has 0 spiro atoms. The maximum Gasteiger partial charge on any atom is 0.308 e. The van der Waals surface area contributed by atoms with Crippen LogP contribution in [0.4, 0.5) is 0 Å². The minimum atomic E-state index is -0.647. The molecule has 2 amide bonds. The SMILES string of the molecule is CCCCCCCCCCCCCCCC(=O)C(N)CCCC.CCCCCCCCCCCCCCCCC(=O)C(N)CCCC.CCCCCCCCCCCCCCCCCC(=O)C(CCCCN)NC(=O)C(N)C(C)C.COC(=O)[C@H](C)CC(=O)[C@H](Cc1ccccc1)NC(=O)CCCCCc1ccccc1. The summed E-state index contributed by atoms with van der Waals surface area (Å²) in [5.74, 6) is -0.691. The summed E-state index contributed by atoms with van der Waals surface area (Å²) in [6.07, 6.45) is 71.3. The number of hydrogen-bond donors (Lipinski definition) is 6. The van der Waals surface area contributed by atoms with Gasteiger partial charge in [-0.15, -0.1) is 0 Å². The second-order valence-corrected chi connectivity index (χ2v) is 33.0. The van der Waals surface area contributed by atoms with E-state index >= 15 is 0 Å². The summed E-state index contributed by atoms with van der Waals surface area (Å²) in [4.78, 5) is 85.7. The van der Waals surface area contributed by atoms with Crippen LogP contribution in [0.3, 0.4) is 0 Å². The number of amides is 2. The Bertz CT molecular complexity index is 2430. The molecule has 0 saturated heterocycles. The lowest BCUT2D eigenvalue weighted by molar-refractivity contribution is -0.146. The van der Waals surface area contributed by atoms with Gasteiger partial charge in [0.1, 0.15) is 11.6 Å². The maximum atomic E-state index is 12.8. The molecular formula is C97H178N6O8. The number of ketones is 4. The van der Waals surface area contributed by atoms with Gasteiger partial charge in [0, 0.05) is 32.1 Å². The van der Waals surface area contributed by atoms with E-state index in [1.807, 2.05) is 62.4 Å². The molecule has 0 aromatic heterocycles. The molecule has 0 radical (unpaired) electrons. The van der Waals surface area contributed by atoms with Crippen LogP contribution >= 0.6 is 0 Å². The molecule has 6 atom stereocenters. The Hall–Kier alpha value is -4.63. The van der Waals surface area contributed by atoms with Crippen LogP contribution in [0.1, 0.15) is 445 Å². The average Bonchev–Trinajstić information content (AvgIpc) is 0.883. The van der Waals surface area contributed by atoms with Crippen molar-refractivity contribution in [2.75, 3.05) is 13.7 Å². The highest BCUT2D eigenvalue weighted by molar-refractivity contribution is 5.92. The Balaban J connectivity index is 0. The topological polar surface area (TPSA) is 257 Å². The van der Waals surface area contributed by atoms with Crippen LogP contribution in [0.2, 0.25) is 0 Å². The highest BCUT2D eigenvalue weighted by atomic mass is 16.5. The van der Waals surface area contributed by atoms with Crippen molar-refractivity contribution in [2.24, 2.45) is 34.8 Å². The first-order valence-electron chi connectivity index (χ1n) is 46.7. The third kappa shape index (κ3) is 70.5. The largest absolute Gasteiger partial charge is 0.469 e. The van der Waals surface area contributed by atoms with Crippen molar-refractivity contribution in [3.8, 4) is 0 Å². The van der Waals surface area contributed by atoms with Crippen LogP contribution in [0.5, 0.6) is 0 Å². The minimum absolute atomic E-state index is 0.0432. The van der Waals surface area contributed by atoms with E-state index in [1.165, 1.54) is 257 Å². The van der Waals surface area contributed by atoms with E-state index in [0.29, 0.717) is 45.1 Å². The fraction of sp³-hybridized carbons (Fsp3) is 0.804. The van der Waals surface area contributed by atoms with Crippen molar-refractivity contribution < 1.29 is 38.3 Å². The van der Waals surface area contributed by atoms with E-state index in [0.717, 1.165) is 108 Å². The van der Waals surface area contributed by atoms with Crippen molar-refractivity contribution in [1.29, 1.82) is 0 Å². The summed E-state index contributed by atoms with van der Waals surface area (Å²) >= 11 is 0. The zero-order valence-corrected chi connectivity index (χ0v) is 73.7. The molecule has 0 fully saturated rings. The molecule has 10 N–H and O–H groups in total. The Morgan fingerprint density at radius 2 is 0.667 bits per heavy atom. The van der Waals surface area contributed by atoms with E-state index in [1.54, 1.807) is 6.92 Å². The minimum Gasteiger partial charge on any atom is -0.469 e. The number of rotatable bonds is 74. The molecule has 2 aromatic rings. The van der Waals surface area contributed by atoms with Gasteiger partial charge in [0.05, 0.1) is 43.2 Å². The van der Waals surface area contributed by atoms with Gasteiger partial charge in [0.15, 0.2) is 11.6 Å². The molecule has 644 valence electrons. The van der Waals surface area contributed by atoms with E-state index in [4.69, 9.17) is 27.7 Å². The van der Waals surface area contributed by atoms with Crippen molar-refractivity contribution in [3.63, 3.8) is 0 Å². The smallest absolute Gasteiger partial charge is 0.308 e. The molecular weight excluding hydrogens is 1380 g/mol. The van der Waals surface area contributed by atoms with E-state index in [-0.39, 0.29) is 59.4 Å². The summed E-state index contributed by atoms with van der Waals surface area (Å²) in [6.45, 7) is 17.2. The number of nitrogens with one attached hydrogen (secondary N) is 2. The normalized spacial score (nSPS) is 12.7. The van der Waals surface area contributed by atoms with Crippen molar-refractivity contribution >= 4 is 40.9 Å². The number of ether oxygens (including phenoxy) is 1. The highest BCUT2D eigenvalue weighted by Crippen LogP contribution is 2.20. The number of carbonyl (C=O) groups is 7. The van der Waals surface area contributed by atoms with Gasteiger partial charge in [-0.25, -0.2) is 0 Å². The van der Waals surface area contributed by atoms with Crippen molar-refractivity contribution in [3.05, 3.63) is 71.8 Å². The quantitative estimate of drug-likeness (QED) is 0.0267. The summed E-state index contributed by atoms with van der Waals surface area (Å²) in [6, 6.07) is 17.8. The number of aryl methyl sites for hydroxylation is 1. The zero-order valence-electron chi connectivity index (χ0n) is 73.7. The monoisotopic (exact) mass is 1560 g/mol. The molecule has 0 aliphatic rings. The predicted octanol–water partition coefficient (Wildman–Crippen LogP) is 24.2. The number of benzene rings is 2. The molecule has 2 aromatic carbocycles. The van der Waals surface area contributed by atoms with Gasteiger partial charge >= 0.3 is 5.97 Å². The van der Waals surface area contributed by atoms with Gasteiger partial charge in [0.2, 0.25) is 11.8 Å². The lowest BCUT2D eigenvalue weighted by Crippen LogP contribution is -2.50. The van der Waals surface area contributed by atoms with E-state index < -0.39 is 30.0 Å². The van der Waals surface area contributed by atoms with Crippen LogP contribution in [0.25, 0.3) is 0 Å². The fourth-order valence-corrected chi connectivity index (χ4v) is 14.1. The number of carbonyl (C=O) groups excluding carboxylic acids is 7. The van der Waals surface area contributed by atoms with Gasteiger partial charge in [0.25, 0.3) is 0 Å². The van der Waals surface area contributed by atoms with Crippen LogP contribution in [-0.4, -0.2) is 84.8 Å². The first-order valence-corrected chi connectivity index (χ1v) is 46.7. The number of unbranched alkanes of at least 4 members (excludes halogenated alkanes) is 44. The zero-order chi connectivity index (χ0) is 82.3. The van der Waals surface area contributed by atoms with Crippen molar-refractivity contribution in [2.45, 2.75) is 477 Å². The number of methoxy groups -OCH3 is 1. The molecule has 0 saturated carbocycles. The number of esters is 1. The van der Waals surface area contributed by atoms with Gasteiger partial charge < -0.3 is 38.3 Å². The Labute approximate surface area is 683 Å². The number of nitrogens with two attached hydrogens (primary N) is 4. The maximum absolute atomic E-state index is 12.8. The number of hydrogen-bond acceptors (Lipinski definition) is 12. The molecule has 14 heteroatoms. The molecule has 0 aliphatic heterocycles. The van der Waals surface area contributed by atoms with Crippen LogP contribution in [0, 0.1) is 11.8 Å². The van der Waals surface area contributed by atoms with Gasteiger partial charge in [-0.3, -0.25) is 33.6 Å². The van der Waals surface area contributed by atoms with Gasteiger partial charge in [-0.05, 0) is 101 Å². The summed E-state index contributed by atoms with van der Waals surface area (Å²) < 4.78 is 4.72.